The lowest BCUT2D eigenvalue weighted by Crippen LogP contribution is -2.07. The molecule has 0 saturated carbocycles. The van der Waals surface area contributed by atoms with Crippen LogP contribution in [0.4, 0.5) is 5.82 Å². The fourth-order valence-electron chi connectivity index (χ4n) is 2.20. The Morgan fingerprint density at radius 1 is 1.24 bits per heavy atom. The van der Waals surface area contributed by atoms with Crippen LogP contribution in [-0.2, 0) is 6.61 Å². The zero-order valence-corrected chi connectivity index (χ0v) is 13.2. The number of anilines is 1. The number of rotatable bonds is 6. The first kappa shape index (κ1) is 15.3. The van der Waals surface area contributed by atoms with E-state index in [0.29, 0.717) is 18.3 Å². The van der Waals surface area contributed by atoms with Gasteiger partial charge in [-0.25, -0.2) is 9.97 Å². The third-order valence-corrected chi connectivity index (χ3v) is 3.58. The van der Waals surface area contributed by atoms with Crippen LogP contribution in [-0.4, -0.2) is 17.0 Å². The summed E-state index contributed by atoms with van der Waals surface area (Å²) in [5.41, 5.74) is 2.17. The fraction of sp³-hybridized carbons (Fsp3) is 0.412. The molecule has 0 saturated heterocycles. The highest BCUT2D eigenvalue weighted by atomic mass is 16.5. The normalized spacial score (nSPS) is 12.0. The molecule has 0 bridgehead atoms. The molecule has 1 aromatic heterocycles. The molecule has 4 heteroatoms. The maximum atomic E-state index is 5.95. The van der Waals surface area contributed by atoms with Gasteiger partial charge in [-0.05, 0) is 30.9 Å². The smallest absolute Gasteiger partial charge is 0.168 e. The molecular weight excluding hydrogens is 262 g/mol. The highest BCUT2D eigenvalue weighted by molar-refractivity contribution is 5.37. The van der Waals surface area contributed by atoms with Crippen LogP contribution >= 0.6 is 0 Å². The van der Waals surface area contributed by atoms with Gasteiger partial charge < -0.3 is 10.1 Å². The Labute approximate surface area is 126 Å². The Kier molecular flexibility index (Phi) is 5.14. The molecule has 2 rings (SSSR count). The van der Waals surface area contributed by atoms with Crippen molar-refractivity contribution in [3.05, 3.63) is 47.4 Å². The first-order valence-electron chi connectivity index (χ1n) is 7.38. The van der Waals surface area contributed by atoms with Crippen LogP contribution in [0.2, 0.25) is 0 Å². The van der Waals surface area contributed by atoms with Crippen LogP contribution in [0.5, 0.6) is 5.75 Å². The lowest BCUT2D eigenvalue weighted by atomic mass is 9.98. The zero-order valence-electron chi connectivity index (χ0n) is 13.2. The van der Waals surface area contributed by atoms with Crippen molar-refractivity contribution >= 4 is 5.82 Å². The summed E-state index contributed by atoms with van der Waals surface area (Å²) in [7, 11) is 1.85. The Balaban J connectivity index is 2.15. The van der Waals surface area contributed by atoms with Gasteiger partial charge in [0.25, 0.3) is 0 Å². The first-order chi connectivity index (χ1) is 10.1. The van der Waals surface area contributed by atoms with Gasteiger partial charge in [0.2, 0.25) is 0 Å². The highest BCUT2D eigenvalue weighted by Crippen LogP contribution is 2.28. The van der Waals surface area contributed by atoms with Crippen molar-refractivity contribution < 1.29 is 4.74 Å². The molecule has 112 valence electrons. The van der Waals surface area contributed by atoms with Crippen molar-refractivity contribution in [1.82, 2.24) is 9.97 Å². The predicted octanol–water partition coefficient (Wildman–Crippen LogP) is 3.92. The summed E-state index contributed by atoms with van der Waals surface area (Å²) in [5.74, 6) is 2.91. The van der Waals surface area contributed by atoms with Crippen LogP contribution in [0.25, 0.3) is 0 Å². The molecule has 21 heavy (non-hydrogen) atoms. The molecule has 0 aliphatic rings. The molecule has 2 aromatic rings. The summed E-state index contributed by atoms with van der Waals surface area (Å²) in [6.07, 6.45) is 1.09. The van der Waals surface area contributed by atoms with Crippen molar-refractivity contribution in [3.63, 3.8) is 0 Å². The number of benzene rings is 1. The van der Waals surface area contributed by atoms with E-state index in [2.05, 4.69) is 41.3 Å². The summed E-state index contributed by atoms with van der Waals surface area (Å²) < 4.78 is 5.95. The molecule has 4 nitrogen and oxygen atoms in total. The minimum atomic E-state index is 0.379. The fourth-order valence-corrected chi connectivity index (χ4v) is 2.20. The van der Waals surface area contributed by atoms with Crippen molar-refractivity contribution in [2.24, 2.45) is 0 Å². The topological polar surface area (TPSA) is 47.0 Å². The van der Waals surface area contributed by atoms with Crippen LogP contribution in [0.1, 0.15) is 43.3 Å². The van der Waals surface area contributed by atoms with Gasteiger partial charge in [0.05, 0.1) is 0 Å². The van der Waals surface area contributed by atoms with E-state index in [1.807, 2.05) is 32.2 Å². The zero-order chi connectivity index (χ0) is 15.2. The molecule has 1 heterocycles. The van der Waals surface area contributed by atoms with Crippen LogP contribution in [0.15, 0.2) is 30.3 Å². The van der Waals surface area contributed by atoms with E-state index < -0.39 is 0 Å². The Bertz CT molecular complexity index is 598. The average Bonchev–Trinajstić information content (AvgIpc) is 2.51. The summed E-state index contributed by atoms with van der Waals surface area (Å²) in [5, 5.41) is 3.04. The number of aryl methyl sites for hydroxylation is 1. The molecule has 1 N–H and O–H groups in total. The lowest BCUT2D eigenvalue weighted by Gasteiger charge is -2.15. The summed E-state index contributed by atoms with van der Waals surface area (Å²) in [6.45, 7) is 6.73. The van der Waals surface area contributed by atoms with Crippen molar-refractivity contribution in [2.75, 3.05) is 12.4 Å². The largest absolute Gasteiger partial charge is 0.485 e. The minimum absolute atomic E-state index is 0.379. The number of nitrogens with zero attached hydrogens (tertiary/aromatic N) is 2. The molecule has 0 spiro atoms. The summed E-state index contributed by atoms with van der Waals surface area (Å²) in [6, 6.07) is 10.1. The summed E-state index contributed by atoms with van der Waals surface area (Å²) in [4.78, 5) is 8.83. The second kappa shape index (κ2) is 7.07. The molecule has 1 aromatic carbocycles. The van der Waals surface area contributed by atoms with Gasteiger partial charge in [0.15, 0.2) is 5.82 Å². The van der Waals surface area contributed by atoms with Crippen molar-refractivity contribution in [3.8, 4) is 5.75 Å². The molecule has 0 aliphatic carbocycles. The number of nitrogens with one attached hydrogen (secondary N) is 1. The average molecular weight is 285 g/mol. The Morgan fingerprint density at radius 2 is 2.00 bits per heavy atom. The summed E-state index contributed by atoms with van der Waals surface area (Å²) >= 11 is 0. The van der Waals surface area contributed by atoms with Crippen molar-refractivity contribution in [1.29, 1.82) is 0 Å². The number of aromatic nitrogens is 2. The molecule has 1 unspecified atom stereocenters. The van der Waals surface area contributed by atoms with Crippen molar-refractivity contribution in [2.45, 2.75) is 39.7 Å². The highest BCUT2D eigenvalue weighted by Gasteiger charge is 2.10. The molecule has 0 fully saturated rings. The predicted molar refractivity (Wildman–Crippen MR) is 85.8 cm³/mol. The first-order valence-corrected chi connectivity index (χ1v) is 7.38. The third kappa shape index (κ3) is 3.94. The van der Waals surface area contributed by atoms with Crippen LogP contribution in [0.3, 0.4) is 0 Å². The third-order valence-electron chi connectivity index (χ3n) is 3.58. The van der Waals surface area contributed by atoms with Gasteiger partial charge >= 0.3 is 0 Å². The molecule has 0 aliphatic heterocycles. The second-order valence-electron chi connectivity index (χ2n) is 5.20. The molecular formula is C17H23N3O. The number of hydrogen-bond acceptors (Lipinski definition) is 4. The van der Waals surface area contributed by atoms with Gasteiger partial charge in [0, 0.05) is 18.8 Å². The van der Waals surface area contributed by atoms with Crippen LogP contribution in [0, 0.1) is 6.92 Å². The Hall–Kier alpha value is -2.10. The van der Waals surface area contributed by atoms with Gasteiger partial charge in [-0.15, -0.1) is 0 Å². The van der Waals surface area contributed by atoms with E-state index in [0.717, 1.165) is 23.7 Å². The lowest BCUT2D eigenvalue weighted by molar-refractivity contribution is 0.291. The quantitative estimate of drug-likeness (QED) is 0.874. The molecule has 0 amide bonds. The number of ether oxygens (including phenoxy) is 1. The van der Waals surface area contributed by atoms with E-state index >= 15 is 0 Å². The second-order valence-corrected chi connectivity index (χ2v) is 5.20. The maximum absolute atomic E-state index is 5.95. The number of hydrogen-bond donors (Lipinski definition) is 1. The monoisotopic (exact) mass is 285 g/mol. The number of para-hydroxylation sites is 1. The van der Waals surface area contributed by atoms with E-state index in [1.165, 1.54) is 5.56 Å². The van der Waals surface area contributed by atoms with Crippen LogP contribution < -0.4 is 10.1 Å². The van der Waals surface area contributed by atoms with E-state index in [4.69, 9.17) is 4.74 Å². The Morgan fingerprint density at radius 3 is 2.71 bits per heavy atom. The van der Waals surface area contributed by atoms with E-state index in [-0.39, 0.29) is 0 Å². The van der Waals surface area contributed by atoms with Gasteiger partial charge in [-0.1, -0.05) is 32.0 Å². The van der Waals surface area contributed by atoms with Gasteiger partial charge in [-0.3, -0.25) is 0 Å². The van der Waals surface area contributed by atoms with Gasteiger partial charge in [-0.2, -0.15) is 0 Å². The van der Waals surface area contributed by atoms with Gasteiger partial charge in [0.1, 0.15) is 18.2 Å². The SMILES string of the molecule is CCC(C)c1ccccc1OCc1nc(C)cc(NC)n1. The maximum Gasteiger partial charge on any atom is 0.168 e. The standard InChI is InChI=1S/C17H23N3O/c1-5-12(2)14-8-6-7-9-15(14)21-11-17-19-13(3)10-16(18-4)20-17/h6-10,12H,5,11H2,1-4H3,(H,18,19,20). The molecule has 1 atom stereocenters. The van der Waals surface area contributed by atoms with E-state index in [1.54, 1.807) is 0 Å². The minimum Gasteiger partial charge on any atom is -0.485 e. The molecule has 0 radical (unpaired) electrons. The van der Waals surface area contributed by atoms with E-state index in [9.17, 15) is 0 Å².